The lowest BCUT2D eigenvalue weighted by Gasteiger charge is -2.27. The van der Waals surface area contributed by atoms with Crippen LogP contribution in [0.5, 0.6) is 0 Å². The topological polar surface area (TPSA) is 17.1 Å². The van der Waals surface area contributed by atoms with Gasteiger partial charge in [-0.3, -0.25) is 4.79 Å². The highest BCUT2D eigenvalue weighted by molar-refractivity contribution is 6.03. The maximum atomic E-state index is 12.2. The van der Waals surface area contributed by atoms with Crippen molar-refractivity contribution in [3.05, 3.63) is 59.2 Å². The molecular weight excluding hydrogens is 220 g/mol. The third kappa shape index (κ3) is 1.09. The van der Waals surface area contributed by atoms with Crippen LogP contribution in [0.15, 0.2) is 42.5 Å². The molecule has 0 aliphatic heterocycles. The van der Waals surface area contributed by atoms with Crippen LogP contribution in [0.2, 0.25) is 0 Å². The minimum Gasteiger partial charge on any atom is -0.294 e. The molecular formula is C17H14O. The highest BCUT2D eigenvalue weighted by Crippen LogP contribution is 2.52. The van der Waals surface area contributed by atoms with Crippen LogP contribution in [-0.2, 0) is 0 Å². The van der Waals surface area contributed by atoms with Gasteiger partial charge in [0.15, 0.2) is 5.78 Å². The van der Waals surface area contributed by atoms with Gasteiger partial charge in [-0.25, -0.2) is 0 Å². The number of ketones is 1. The fraction of sp³-hybridized carbons (Fsp3) is 0.235. The molecule has 0 spiro atoms. The summed E-state index contributed by atoms with van der Waals surface area (Å²) in [7, 11) is 0. The van der Waals surface area contributed by atoms with Gasteiger partial charge in [0.05, 0.1) is 0 Å². The van der Waals surface area contributed by atoms with E-state index in [0.29, 0.717) is 24.0 Å². The van der Waals surface area contributed by atoms with Gasteiger partial charge < -0.3 is 0 Å². The molecule has 0 saturated carbocycles. The fourth-order valence-corrected chi connectivity index (χ4v) is 3.66. The highest BCUT2D eigenvalue weighted by Gasteiger charge is 2.39. The monoisotopic (exact) mass is 234 g/mol. The number of hydrogen-bond acceptors (Lipinski definition) is 1. The number of carbonyl (C=O) groups excluding carboxylic acids is 1. The molecule has 2 aliphatic carbocycles. The molecule has 0 radical (unpaired) electrons. The van der Waals surface area contributed by atoms with E-state index in [0.717, 1.165) is 5.56 Å². The molecule has 1 nitrogen and oxygen atoms in total. The number of fused-ring (bicyclic) bond motifs is 3. The second-order valence-electron chi connectivity index (χ2n) is 5.44. The number of benzene rings is 2. The van der Waals surface area contributed by atoms with E-state index in [1.165, 1.54) is 22.3 Å². The lowest BCUT2D eigenvalue weighted by Crippen LogP contribution is -2.22. The molecule has 2 unspecified atom stereocenters. The van der Waals surface area contributed by atoms with Crippen LogP contribution in [0.3, 0.4) is 0 Å². The Morgan fingerprint density at radius 3 is 2.56 bits per heavy atom. The van der Waals surface area contributed by atoms with Crippen molar-refractivity contribution in [2.45, 2.75) is 19.3 Å². The van der Waals surface area contributed by atoms with Crippen molar-refractivity contribution in [2.75, 3.05) is 0 Å². The summed E-state index contributed by atoms with van der Waals surface area (Å²) in [5, 5.41) is 0. The van der Waals surface area contributed by atoms with Crippen molar-refractivity contribution in [3.63, 3.8) is 0 Å². The molecule has 0 saturated heterocycles. The minimum absolute atomic E-state index is 0.309. The quantitative estimate of drug-likeness (QED) is 0.672. The summed E-state index contributed by atoms with van der Waals surface area (Å²) in [5.41, 5.74) is 6.23. The average Bonchev–Trinajstić information content (AvgIpc) is 2.72. The summed E-state index contributed by atoms with van der Waals surface area (Å²) < 4.78 is 0. The van der Waals surface area contributed by atoms with E-state index in [1.807, 2.05) is 12.1 Å². The molecule has 0 heterocycles. The molecule has 0 fully saturated rings. The SMILES string of the molecule is CC1CC(=O)c2cccc3c2C1c1ccccc1-3. The summed E-state index contributed by atoms with van der Waals surface area (Å²) in [4.78, 5) is 12.2. The van der Waals surface area contributed by atoms with Crippen LogP contribution < -0.4 is 0 Å². The Balaban J connectivity index is 2.12. The molecule has 0 N–H and O–H groups in total. The van der Waals surface area contributed by atoms with Gasteiger partial charge >= 0.3 is 0 Å². The van der Waals surface area contributed by atoms with Gasteiger partial charge in [-0.05, 0) is 28.2 Å². The van der Waals surface area contributed by atoms with E-state index in [1.54, 1.807) is 0 Å². The lowest BCUT2D eigenvalue weighted by atomic mass is 9.75. The van der Waals surface area contributed by atoms with Crippen LogP contribution in [0.25, 0.3) is 11.1 Å². The molecule has 0 amide bonds. The zero-order chi connectivity index (χ0) is 12.3. The fourth-order valence-electron chi connectivity index (χ4n) is 3.66. The summed E-state index contributed by atoms with van der Waals surface area (Å²) in [6.45, 7) is 2.20. The normalized spacial score (nSPS) is 23.7. The Bertz CT molecular complexity index is 669. The average molecular weight is 234 g/mol. The largest absolute Gasteiger partial charge is 0.294 e. The summed E-state index contributed by atoms with van der Waals surface area (Å²) in [6, 6.07) is 14.8. The first-order valence-corrected chi connectivity index (χ1v) is 6.53. The van der Waals surface area contributed by atoms with Crippen molar-refractivity contribution in [3.8, 4) is 11.1 Å². The molecule has 1 heteroatoms. The van der Waals surface area contributed by atoms with Gasteiger partial charge in [0, 0.05) is 17.9 Å². The van der Waals surface area contributed by atoms with Crippen molar-refractivity contribution < 1.29 is 4.79 Å². The first kappa shape index (κ1) is 10.1. The van der Waals surface area contributed by atoms with E-state index in [-0.39, 0.29) is 0 Å². The molecule has 0 bridgehead atoms. The van der Waals surface area contributed by atoms with Crippen molar-refractivity contribution >= 4 is 5.78 Å². The smallest absolute Gasteiger partial charge is 0.163 e. The van der Waals surface area contributed by atoms with Crippen LogP contribution in [-0.4, -0.2) is 5.78 Å². The van der Waals surface area contributed by atoms with Crippen LogP contribution in [0.1, 0.15) is 40.7 Å². The Morgan fingerprint density at radius 1 is 0.944 bits per heavy atom. The molecule has 2 aromatic rings. The van der Waals surface area contributed by atoms with Gasteiger partial charge in [-0.15, -0.1) is 0 Å². The third-order valence-electron chi connectivity index (χ3n) is 4.38. The summed E-state index contributed by atoms with van der Waals surface area (Å²) >= 11 is 0. The molecule has 2 atom stereocenters. The van der Waals surface area contributed by atoms with Gasteiger partial charge in [0.25, 0.3) is 0 Å². The maximum Gasteiger partial charge on any atom is 0.163 e. The van der Waals surface area contributed by atoms with Gasteiger partial charge in [-0.2, -0.15) is 0 Å². The van der Waals surface area contributed by atoms with E-state index in [2.05, 4.69) is 37.3 Å². The van der Waals surface area contributed by atoms with Crippen LogP contribution >= 0.6 is 0 Å². The van der Waals surface area contributed by atoms with Crippen LogP contribution in [0.4, 0.5) is 0 Å². The Kier molecular flexibility index (Phi) is 1.86. The standard InChI is InChI=1S/C17H14O/c1-10-9-15(18)14-8-4-7-13-11-5-2-3-6-12(11)16(10)17(13)14/h2-8,10,16H,9H2,1H3. The number of rotatable bonds is 0. The van der Waals surface area contributed by atoms with Gasteiger partial charge in [0.1, 0.15) is 0 Å². The molecule has 2 aliphatic rings. The van der Waals surface area contributed by atoms with Gasteiger partial charge in [0.2, 0.25) is 0 Å². The minimum atomic E-state index is 0.309. The Labute approximate surface area is 106 Å². The third-order valence-corrected chi connectivity index (χ3v) is 4.38. The molecule has 0 aromatic heterocycles. The molecule has 2 aromatic carbocycles. The van der Waals surface area contributed by atoms with E-state index < -0.39 is 0 Å². The van der Waals surface area contributed by atoms with Crippen LogP contribution in [0, 0.1) is 5.92 Å². The highest BCUT2D eigenvalue weighted by atomic mass is 16.1. The van der Waals surface area contributed by atoms with E-state index in [4.69, 9.17) is 0 Å². The first-order chi connectivity index (χ1) is 8.77. The molecule has 4 rings (SSSR count). The zero-order valence-corrected chi connectivity index (χ0v) is 10.3. The molecule has 18 heavy (non-hydrogen) atoms. The van der Waals surface area contributed by atoms with E-state index >= 15 is 0 Å². The number of carbonyl (C=O) groups is 1. The predicted molar refractivity (Wildman–Crippen MR) is 71.8 cm³/mol. The van der Waals surface area contributed by atoms with Crippen molar-refractivity contribution in [1.29, 1.82) is 0 Å². The second-order valence-corrected chi connectivity index (χ2v) is 5.44. The first-order valence-electron chi connectivity index (χ1n) is 6.53. The predicted octanol–water partition coefficient (Wildman–Crippen LogP) is 4.02. The second kappa shape index (κ2) is 3.32. The van der Waals surface area contributed by atoms with Crippen molar-refractivity contribution in [1.82, 2.24) is 0 Å². The number of hydrogen-bond donors (Lipinski definition) is 0. The maximum absolute atomic E-state index is 12.2. The lowest BCUT2D eigenvalue weighted by molar-refractivity contribution is 0.0948. The zero-order valence-electron chi connectivity index (χ0n) is 10.3. The van der Waals surface area contributed by atoms with E-state index in [9.17, 15) is 4.79 Å². The summed E-state index contributed by atoms with van der Waals surface area (Å²) in [5.74, 6) is 1.14. The number of Topliss-reactive ketones (excluding diaryl/α,β-unsaturated/α-hetero) is 1. The molecule has 88 valence electrons. The summed E-state index contributed by atoms with van der Waals surface area (Å²) in [6.07, 6.45) is 0.676. The van der Waals surface area contributed by atoms with Gasteiger partial charge in [-0.1, -0.05) is 49.4 Å². The Hall–Kier alpha value is -1.89. The Morgan fingerprint density at radius 2 is 1.67 bits per heavy atom. The van der Waals surface area contributed by atoms with Crippen molar-refractivity contribution in [2.24, 2.45) is 5.92 Å².